The molecular weight excluding hydrogens is 256 g/mol. The van der Waals surface area contributed by atoms with Gasteiger partial charge >= 0.3 is 0 Å². The summed E-state index contributed by atoms with van der Waals surface area (Å²) in [5, 5.41) is 9.43. The van der Waals surface area contributed by atoms with Crippen LogP contribution in [0.5, 0.6) is 0 Å². The molecule has 0 saturated heterocycles. The molecule has 1 nitrogen and oxygen atoms in total. The average molecular weight is 289 g/mol. The van der Waals surface area contributed by atoms with Crippen LogP contribution < -0.4 is 0 Å². The lowest BCUT2D eigenvalue weighted by Gasteiger charge is -2.24. The summed E-state index contributed by atoms with van der Waals surface area (Å²) in [6.07, 6.45) is 0. The quantitative estimate of drug-likeness (QED) is 0.537. The Balaban J connectivity index is 3.76. The summed E-state index contributed by atoms with van der Waals surface area (Å²) < 4.78 is 0. The summed E-state index contributed by atoms with van der Waals surface area (Å²) in [5.41, 5.74) is 4.00. The van der Waals surface area contributed by atoms with Crippen LogP contribution in [-0.2, 0) is 0 Å². The number of hydrogen-bond donors (Lipinski definition) is 1. The summed E-state index contributed by atoms with van der Waals surface area (Å²) in [4.78, 5) is 0. The van der Waals surface area contributed by atoms with Crippen molar-refractivity contribution in [3.63, 3.8) is 0 Å². The van der Waals surface area contributed by atoms with Gasteiger partial charge in [-0.25, -0.2) is 0 Å². The van der Waals surface area contributed by atoms with Gasteiger partial charge in [0.05, 0.1) is 9.52 Å². The van der Waals surface area contributed by atoms with E-state index in [9.17, 15) is 5.11 Å². The van der Waals surface area contributed by atoms with Crippen molar-refractivity contribution in [3.8, 4) is 0 Å². The van der Waals surface area contributed by atoms with Gasteiger partial charge in [0.25, 0.3) is 0 Å². The van der Waals surface area contributed by atoms with E-state index in [4.69, 9.17) is 0 Å². The Bertz CT molecular complexity index is 238. The van der Waals surface area contributed by atoms with Crippen LogP contribution in [0.1, 0.15) is 27.7 Å². The monoisotopic (exact) mass is 288 g/mol. The van der Waals surface area contributed by atoms with E-state index in [1.165, 1.54) is 29.7 Å². The maximum atomic E-state index is 9.77. The van der Waals surface area contributed by atoms with Crippen LogP contribution >= 0.6 is 0 Å². The van der Waals surface area contributed by atoms with Gasteiger partial charge in [-0.3, -0.25) is 0 Å². The van der Waals surface area contributed by atoms with Gasteiger partial charge in [0.2, 0.25) is 0 Å². The molecule has 0 aliphatic carbocycles. The lowest BCUT2D eigenvalue weighted by atomic mass is 10.4. The molecule has 0 rings (SSSR count). The minimum Gasteiger partial charge on any atom is -0.395 e. The van der Waals surface area contributed by atoms with Gasteiger partial charge in [0, 0.05) is 22.8 Å². The van der Waals surface area contributed by atoms with Gasteiger partial charge in [-0.15, -0.1) is 5.70 Å². The number of hydrogen-bond acceptors (Lipinski definition) is 1. The average Bonchev–Trinajstić information content (AvgIpc) is 2.09. The summed E-state index contributed by atoms with van der Waals surface area (Å²) in [7, 11) is -1.16. The zero-order chi connectivity index (χ0) is 13.5. The van der Waals surface area contributed by atoms with Crippen molar-refractivity contribution in [2.24, 2.45) is 0 Å². The van der Waals surface area contributed by atoms with E-state index in [1.54, 1.807) is 0 Å². The highest BCUT2D eigenvalue weighted by molar-refractivity contribution is 6.78. The van der Waals surface area contributed by atoms with Gasteiger partial charge in [-0.2, -0.15) is 0 Å². The normalized spacial score (nSPS) is 14.1. The lowest BCUT2D eigenvalue weighted by molar-refractivity contribution is 0.165. The molecule has 17 heavy (non-hydrogen) atoms. The third-order valence-electron chi connectivity index (χ3n) is 3.25. The Morgan fingerprint density at radius 3 is 2.18 bits per heavy atom. The third-order valence-corrected chi connectivity index (χ3v) is 11.9. The highest BCUT2D eigenvalue weighted by Crippen LogP contribution is 2.21. The minimum absolute atomic E-state index is 0.0680. The van der Waals surface area contributed by atoms with E-state index in [1.807, 2.05) is 13.8 Å². The highest BCUT2D eigenvalue weighted by atomic mass is 28.3. The Hall–Kier alpha value is 0.351. The fourth-order valence-electron chi connectivity index (χ4n) is 2.10. The number of rotatable bonds is 8. The second kappa shape index (κ2) is 7.71. The largest absolute Gasteiger partial charge is 0.395 e. The fourth-order valence-corrected chi connectivity index (χ4v) is 13.2. The predicted molar refractivity (Wildman–Crippen MR) is 89.5 cm³/mol. The predicted octanol–water partition coefficient (Wildman–Crippen LogP) is 2.52. The first-order valence-corrected chi connectivity index (χ1v) is 13.9. The SMILES string of the molecule is CC(C)=C[SiH2]CC[Si](C)(C)CC[SiH2]C(C)(C)O. The molecule has 0 heterocycles. The Morgan fingerprint density at radius 1 is 1.18 bits per heavy atom. The minimum atomic E-state index is -0.946. The molecule has 1 N–H and O–H groups in total. The van der Waals surface area contributed by atoms with Crippen LogP contribution in [0.4, 0.5) is 0 Å². The molecule has 0 fully saturated rings. The second-order valence-electron chi connectivity index (χ2n) is 7.00. The van der Waals surface area contributed by atoms with Crippen molar-refractivity contribution < 1.29 is 5.11 Å². The summed E-state index contributed by atoms with van der Waals surface area (Å²) in [5.74, 6) is 0. The molecule has 0 amide bonds. The molecule has 0 radical (unpaired) electrons. The van der Waals surface area contributed by atoms with Crippen molar-refractivity contribution >= 4 is 27.1 Å². The van der Waals surface area contributed by atoms with E-state index in [0.717, 1.165) is 0 Å². The van der Waals surface area contributed by atoms with Crippen molar-refractivity contribution in [1.82, 2.24) is 0 Å². The maximum Gasteiger partial charge on any atom is 0.0581 e. The van der Waals surface area contributed by atoms with Gasteiger partial charge in [0.1, 0.15) is 0 Å². The molecule has 0 aromatic rings. The van der Waals surface area contributed by atoms with Crippen LogP contribution in [0.15, 0.2) is 11.3 Å². The third kappa shape index (κ3) is 12.6. The van der Waals surface area contributed by atoms with Crippen LogP contribution in [-0.4, -0.2) is 37.4 Å². The van der Waals surface area contributed by atoms with E-state index in [2.05, 4.69) is 32.6 Å². The van der Waals surface area contributed by atoms with Crippen LogP contribution in [0.3, 0.4) is 0 Å². The zero-order valence-electron chi connectivity index (χ0n) is 12.8. The van der Waals surface area contributed by atoms with E-state index in [0.29, 0.717) is 0 Å². The van der Waals surface area contributed by atoms with Crippen LogP contribution in [0, 0.1) is 0 Å². The first-order chi connectivity index (χ1) is 7.62. The fraction of sp³-hybridized carbons (Fsp3) is 0.846. The van der Waals surface area contributed by atoms with Crippen molar-refractivity contribution in [3.05, 3.63) is 11.3 Å². The lowest BCUT2D eigenvalue weighted by Crippen LogP contribution is -2.31. The van der Waals surface area contributed by atoms with Gasteiger partial charge < -0.3 is 5.11 Å². The molecule has 0 saturated carbocycles. The van der Waals surface area contributed by atoms with Gasteiger partial charge in [-0.1, -0.05) is 42.8 Å². The molecule has 0 spiro atoms. The molecule has 0 aromatic carbocycles. The van der Waals surface area contributed by atoms with Gasteiger partial charge in [0.15, 0.2) is 0 Å². The van der Waals surface area contributed by atoms with E-state index < -0.39 is 8.07 Å². The standard InChI is InChI=1S/C13H32OSi3/c1-12(2)11-15-7-9-17(5,6)10-8-16-13(3,4)14/h11,14H,7-10,15-16H2,1-6H3. The molecule has 4 heteroatoms. The molecule has 0 unspecified atom stereocenters. The molecule has 0 bridgehead atoms. The molecule has 0 atom stereocenters. The molecular formula is C13H32OSi3. The Labute approximate surface area is 114 Å². The Kier molecular flexibility index (Phi) is 7.87. The molecule has 0 aromatic heterocycles. The summed E-state index contributed by atoms with van der Waals surface area (Å²) in [6.45, 7) is 13.4. The summed E-state index contributed by atoms with van der Waals surface area (Å²) in [6, 6.07) is 5.77. The summed E-state index contributed by atoms with van der Waals surface area (Å²) >= 11 is 0. The van der Waals surface area contributed by atoms with E-state index >= 15 is 0 Å². The first-order valence-electron chi connectivity index (χ1n) is 6.98. The highest BCUT2D eigenvalue weighted by Gasteiger charge is 2.21. The molecule has 0 aliphatic heterocycles. The van der Waals surface area contributed by atoms with Crippen LogP contribution in [0.2, 0.25) is 37.3 Å². The Morgan fingerprint density at radius 2 is 1.71 bits per heavy atom. The molecule has 0 aliphatic rings. The molecule has 102 valence electrons. The van der Waals surface area contributed by atoms with Crippen molar-refractivity contribution in [1.29, 1.82) is 0 Å². The van der Waals surface area contributed by atoms with Gasteiger partial charge in [-0.05, 0) is 27.7 Å². The number of allylic oxidation sites excluding steroid dienone is 1. The van der Waals surface area contributed by atoms with Crippen LogP contribution in [0.25, 0.3) is 0 Å². The first kappa shape index (κ1) is 17.4. The smallest absolute Gasteiger partial charge is 0.0581 e. The second-order valence-corrected chi connectivity index (χ2v) is 17.0. The maximum absolute atomic E-state index is 9.77. The topological polar surface area (TPSA) is 20.2 Å². The van der Waals surface area contributed by atoms with E-state index in [-0.39, 0.29) is 24.3 Å². The van der Waals surface area contributed by atoms with Crippen molar-refractivity contribution in [2.45, 2.75) is 70.2 Å². The zero-order valence-corrected chi connectivity index (χ0v) is 16.6. The van der Waals surface area contributed by atoms with Crippen molar-refractivity contribution in [2.75, 3.05) is 0 Å². The number of aliphatic hydroxyl groups is 1.